The van der Waals surface area contributed by atoms with Crippen LogP contribution in [-0.4, -0.2) is 29.2 Å². The quantitative estimate of drug-likeness (QED) is 0.737. The van der Waals surface area contributed by atoms with Crippen LogP contribution in [0.2, 0.25) is 0 Å². The van der Waals surface area contributed by atoms with Crippen LogP contribution in [0.25, 0.3) is 10.9 Å². The van der Waals surface area contributed by atoms with Crippen molar-refractivity contribution in [2.24, 2.45) is 5.92 Å². The van der Waals surface area contributed by atoms with Gasteiger partial charge in [-0.3, -0.25) is 9.78 Å². The maximum atomic E-state index is 12.6. The first-order valence-electron chi connectivity index (χ1n) is 8.61. The van der Waals surface area contributed by atoms with Gasteiger partial charge in [0.2, 0.25) is 0 Å². The summed E-state index contributed by atoms with van der Waals surface area (Å²) < 4.78 is 10.3. The van der Waals surface area contributed by atoms with Gasteiger partial charge in [-0.05, 0) is 42.5 Å². The molecule has 0 bridgehead atoms. The SMILES string of the molecule is COc1ccc(C(=O)NC(c2cnc3ccccc3c2)C2CC(O)C2)o1. The molecule has 2 aromatic heterocycles. The van der Waals surface area contributed by atoms with Crippen LogP contribution in [0, 0.1) is 5.92 Å². The van der Waals surface area contributed by atoms with Crippen molar-refractivity contribution in [3.63, 3.8) is 0 Å². The van der Waals surface area contributed by atoms with E-state index in [1.807, 2.05) is 30.3 Å². The predicted molar refractivity (Wildman–Crippen MR) is 95.9 cm³/mol. The number of benzene rings is 1. The third-order valence-corrected chi connectivity index (χ3v) is 4.88. The second-order valence-electron chi connectivity index (χ2n) is 6.62. The van der Waals surface area contributed by atoms with Crippen LogP contribution >= 0.6 is 0 Å². The molecule has 26 heavy (non-hydrogen) atoms. The van der Waals surface area contributed by atoms with Gasteiger partial charge in [0, 0.05) is 17.6 Å². The van der Waals surface area contributed by atoms with E-state index < -0.39 is 0 Å². The number of aliphatic hydroxyl groups excluding tert-OH is 1. The van der Waals surface area contributed by atoms with Gasteiger partial charge in [0.15, 0.2) is 5.76 Å². The van der Waals surface area contributed by atoms with E-state index >= 15 is 0 Å². The van der Waals surface area contributed by atoms with Gasteiger partial charge in [-0.25, -0.2) is 0 Å². The van der Waals surface area contributed by atoms with Gasteiger partial charge >= 0.3 is 0 Å². The van der Waals surface area contributed by atoms with Crippen molar-refractivity contribution in [2.45, 2.75) is 25.0 Å². The zero-order valence-electron chi connectivity index (χ0n) is 14.4. The fraction of sp³-hybridized carbons (Fsp3) is 0.300. The van der Waals surface area contributed by atoms with Crippen molar-refractivity contribution in [2.75, 3.05) is 7.11 Å². The number of pyridine rings is 1. The van der Waals surface area contributed by atoms with E-state index in [1.54, 1.807) is 18.3 Å². The summed E-state index contributed by atoms with van der Waals surface area (Å²) in [5.74, 6) is 0.334. The molecule has 1 fully saturated rings. The molecular weight excluding hydrogens is 332 g/mol. The van der Waals surface area contributed by atoms with Gasteiger partial charge in [0.25, 0.3) is 11.9 Å². The summed E-state index contributed by atoms with van der Waals surface area (Å²) in [5, 5.41) is 13.8. The number of furan rings is 1. The molecule has 1 aliphatic carbocycles. The first-order chi connectivity index (χ1) is 12.6. The Morgan fingerprint density at radius 2 is 2.12 bits per heavy atom. The van der Waals surface area contributed by atoms with Crippen LogP contribution in [0.15, 0.2) is 53.1 Å². The highest BCUT2D eigenvalue weighted by Gasteiger charge is 2.36. The van der Waals surface area contributed by atoms with Crippen molar-refractivity contribution in [3.8, 4) is 5.95 Å². The normalized spacial score (nSPS) is 20.4. The number of amides is 1. The van der Waals surface area contributed by atoms with E-state index in [9.17, 15) is 9.90 Å². The summed E-state index contributed by atoms with van der Waals surface area (Å²) in [5.41, 5.74) is 1.83. The molecule has 6 heteroatoms. The van der Waals surface area contributed by atoms with Crippen LogP contribution < -0.4 is 10.1 Å². The monoisotopic (exact) mass is 352 g/mol. The van der Waals surface area contributed by atoms with Gasteiger partial charge in [-0.1, -0.05) is 18.2 Å². The molecular formula is C20H20N2O4. The number of rotatable bonds is 5. The summed E-state index contributed by atoms with van der Waals surface area (Å²) in [4.78, 5) is 17.1. The molecule has 0 saturated heterocycles. The number of para-hydroxylation sites is 1. The molecule has 1 unspecified atom stereocenters. The number of carbonyl (C=O) groups is 1. The number of nitrogens with one attached hydrogen (secondary N) is 1. The molecule has 4 rings (SSSR count). The minimum Gasteiger partial charge on any atom is -0.468 e. The Hall–Kier alpha value is -2.86. The Morgan fingerprint density at radius 3 is 2.85 bits per heavy atom. The standard InChI is InChI=1S/C20H20N2O4/c1-25-18-7-6-17(26-18)20(24)22-19(13-9-15(23)10-13)14-8-12-4-2-3-5-16(12)21-11-14/h2-8,11,13,15,19,23H,9-10H2,1H3,(H,22,24). The Kier molecular flexibility index (Phi) is 4.34. The lowest BCUT2D eigenvalue weighted by atomic mass is 9.75. The van der Waals surface area contributed by atoms with E-state index in [2.05, 4.69) is 10.3 Å². The fourth-order valence-corrected chi connectivity index (χ4v) is 3.40. The molecule has 0 spiro atoms. The number of ether oxygens (including phenoxy) is 1. The number of carbonyl (C=O) groups excluding carboxylic acids is 1. The number of fused-ring (bicyclic) bond motifs is 1. The molecule has 134 valence electrons. The van der Waals surface area contributed by atoms with Gasteiger partial charge in [-0.15, -0.1) is 0 Å². The maximum Gasteiger partial charge on any atom is 0.287 e. The van der Waals surface area contributed by atoms with E-state index in [0.717, 1.165) is 16.5 Å². The van der Waals surface area contributed by atoms with Crippen molar-refractivity contribution in [1.82, 2.24) is 10.3 Å². The number of aliphatic hydroxyl groups is 1. The van der Waals surface area contributed by atoms with Crippen molar-refractivity contribution in [3.05, 3.63) is 60.0 Å². The van der Waals surface area contributed by atoms with Crippen LogP contribution in [0.1, 0.15) is 35.0 Å². The molecule has 2 heterocycles. The first kappa shape index (κ1) is 16.6. The van der Waals surface area contributed by atoms with Crippen molar-refractivity contribution < 1.29 is 19.1 Å². The van der Waals surface area contributed by atoms with Gasteiger partial charge in [0.1, 0.15) is 0 Å². The van der Waals surface area contributed by atoms with E-state index in [4.69, 9.17) is 9.15 Å². The fourth-order valence-electron chi connectivity index (χ4n) is 3.40. The minimum atomic E-state index is -0.312. The Balaban J connectivity index is 1.62. The van der Waals surface area contributed by atoms with Crippen LogP contribution in [0.4, 0.5) is 0 Å². The summed E-state index contributed by atoms with van der Waals surface area (Å²) in [6.07, 6.45) is 2.79. The van der Waals surface area contributed by atoms with Crippen molar-refractivity contribution in [1.29, 1.82) is 0 Å². The van der Waals surface area contributed by atoms with Gasteiger partial charge < -0.3 is 19.6 Å². The lowest BCUT2D eigenvalue weighted by molar-refractivity contribution is 0.0231. The number of hydrogen-bond donors (Lipinski definition) is 2. The smallest absolute Gasteiger partial charge is 0.287 e. The molecule has 1 saturated carbocycles. The third kappa shape index (κ3) is 3.15. The molecule has 1 aliphatic rings. The third-order valence-electron chi connectivity index (χ3n) is 4.88. The molecule has 2 N–H and O–H groups in total. The van der Waals surface area contributed by atoms with Crippen LogP contribution in [0.3, 0.4) is 0 Å². The highest BCUT2D eigenvalue weighted by molar-refractivity contribution is 5.92. The number of aromatic nitrogens is 1. The Morgan fingerprint density at radius 1 is 1.31 bits per heavy atom. The summed E-state index contributed by atoms with van der Waals surface area (Å²) >= 11 is 0. The van der Waals surface area contributed by atoms with E-state index in [-0.39, 0.29) is 35.7 Å². The number of hydrogen-bond acceptors (Lipinski definition) is 5. The predicted octanol–water partition coefficient (Wildman–Crippen LogP) is 3.08. The molecule has 0 radical (unpaired) electrons. The summed E-state index contributed by atoms with van der Waals surface area (Å²) in [6.45, 7) is 0. The lowest BCUT2D eigenvalue weighted by Gasteiger charge is -2.38. The average molecular weight is 352 g/mol. The first-order valence-corrected chi connectivity index (χ1v) is 8.61. The second kappa shape index (κ2) is 6.80. The van der Waals surface area contributed by atoms with Crippen molar-refractivity contribution >= 4 is 16.8 Å². The Labute approximate surface area is 150 Å². The second-order valence-corrected chi connectivity index (χ2v) is 6.62. The molecule has 3 aromatic rings. The molecule has 6 nitrogen and oxygen atoms in total. The topological polar surface area (TPSA) is 84.6 Å². The maximum absolute atomic E-state index is 12.6. The van der Waals surface area contributed by atoms with E-state index in [1.165, 1.54) is 7.11 Å². The van der Waals surface area contributed by atoms with Crippen LogP contribution in [0.5, 0.6) is 5.95 Å². The summed E-state index contributed by atoms with van der Waals surface area (Å²) in [6, 6.07) is 12.9. The molecule has 1 aromatic carbocycles. The van der Waals surface area contributed by atoms with E-state index in [0.29, 0.717) is 12.8 Å². The lowest BCUT2D eigenvalue weighted by Crippen LogP contribution is -2.41. The van der Waals surface area contributed by atoms with Gasteiger partial charge in [0.05, 0.1) is 24.8 Å². The highest BCUT2D eigenvalue weighted by atomic mass is 16.6. The zero-order chi connectivity index (χ0) is 18.1. The highest BCUT2D eigenvalue weighted by Crippen LogP contribution is 2.38. The molecule has 0 aliphatic heterocycles. The average Bonchev–Trinajstić information content (AvgIpc) is 3.13. The largest absolute Gasteiger partial charge is 0.468 e. The number of methoxy groups -OCH3 is 1. The Bertz CT molecular complexity index is 930. The summed E-state index contributed by atoms with van der Waals surface area (Å²) in [7, 11) is 1.49. The minimum absolute atomic E-state index is 0.161. The van der Waals surface area contributed by atoms with Crippen LogP contribution in [-0.2, 0) is 0 Å². The molecule has 1 amide bonds. The zero-order valence-corrected chi connectivity index (χ0v) is 14.4. The van der Waals surface area contributed by atoms with Gasteiger partial charge in [-0.2, -0.15) is 0 Å². The molecule has 1 atom stereocenters. The number of nitrogens with zero attached hydrogens (tertiary/aromatic N) is 1.